The minimum Gasteiger partial charge on any atom is -0.349 e. The summed E-state index contributed by atoms with van der Waals surface area (Å²) in [6.07, 6.45) is -4.52. The van der Waals surface area contributed by atoms with Crippen molar-refractivity contribution in [3.8, 4) is 0 Å². The van der Waals surface area contributed by atoms with Crippen LogP contribution in [0.15, 0.2) is 54.6 Å². The average molecular weight is 378 g/mol. The Morgan fingerprint density at radius 2 is 1.56 bits per heavy atom. The maximum Gasteiger partial charge on any atom is 0.416 e. The number of carbonyl (C=O) groups is 2. The van der Waals surface area contributed by atoms with Crippen LogP contribution in [-0.4, -0.2) is 11.8 Å². The SMILES string of the molecule is CC(NC(=O)C(C)(C)C(=O)Nc1cccc(C(F)(F)F)c1)c1ccccc1. The Kier molecular flexibility index (Phi) is 5.93. The molecule has 0 bridgehead atoms. The maximum absolute atomic E-state index is 12.8. The van der Waals surface area contributed by atoms with Gasteiger partial charge in [0, 0.05) is 5.69 Å². The summed E-state index contributed by atoms with van der Waals surface area (Å²) < 4.78 is 38.4. The Balaban J connectivity index is 2.09. The second-order valence-corrected chi connectivity index (χ2v) is 6.76. The zero-order valence-corrected chi connectivity index (χ0v) is 15.2. The lowest BCUT2D eigenvalue weighted by molar-refractivity contribution is -0.139. The molecule has 7 heteroatoms. The molecule has 0 saturated carbocycles. The molecule has 2 amide bonds. The summed E-state index contributed by atoms with van der Waals surface area (Å²) in [5, 5.41) is 5.15. The third-order valence-electron chi connectivity index (χ3n) is 4.23. The summed E-state index contributed by atoms with van der Waals surface area (Å²) in [4.78, 5) is 25.1. The van der Waals surface area contributed by atoms with Crippen LogP contribution in [0, 0.1) is 5.41 Å². The van der Waals surface area contributed by atoms with Crippen LogP contribution in [0.25, 0.3) is 0 Å². The molecule has 2 N–H and O–H groups in total. The molecular formula is C20H21F3N2O2. The number of amides is 2. The second-order valence-electron chi connectivity index (χ2n) is 6.76. The van der Waals surface area contributed by atoms with Crippen LogP contribution in [0.3, 0.4) is 0 Å². The molecule has 0 aromatic heterocycles. The highest BCUT2D eigenvalue weighted by Gasteiger charge is 2.37. The van der Waals surface area contributed by atoms with Gasteiger partial charge in [-0.1, -0.05) is 36.4 Å². The zero-order valence-electron chi connectivity index (χ0n) is 15.2. The molecule has 1 atom stereocenters. The van der Waals surface area contributed by atoms with Crippen LogP contribution < -0.4 is 10.6 Å². The lowest BCUT2D eigenvalue weighted by Crippen LogP contribution is -2.45. The quantitative estimate of drug-likeness (QED) is 0.750. The first-order valence-electron chi connectivity index (χ1n) is 8.36. The van der Waals surface area contributed by atoms with Gasteiger partial charge in [0.1, 0.15) is 5.41 Å². The molecule has 4 nitrogen and oxygen atoms in total. The molecule has 0 radical (unpaired) electrons. The van der Waals surface area contributed by atoms with E-state index in [1.807, 2.05) is 30.3 Å². The van der Waals surface area contributed by atoms with Gasteiger partial charge in [0.15, 0.2) is 0 Å². The van der Waals surface area contributed by atoms with Gasteiger partial charge in [0.25, 0.3) is 0 Å². The van der Waals surface area contributed by atoms with Crippen molar-refractivity contribution in [2.24, 2.45) is 5.41 Å². The Morgan fingerprint density at radius 1 is 0.926 bits per heavy atom. The standard InChI is InChI=1S/C20H21F3N2O2/c1-13(14-8-5-4-6-9-14)24-17(26)19(2,3)18(27)25-16-11-7-10-15(12-16)20(21,22)23/h4-13H,1-3H3,(H,24,26)(H,25,27). The van der Waals surface area contributed by atoms with E-state index in [9.17, 15) is 22.8 Å². The highest BCUT2D eigenvalue weighted by atomic mass is 19.4. The van der Waals surface area contributed by atoms with E-state index in [2.05, 4.69) is 10.6 Å². The summed E-state index contributed by atoms with van der Waals surface area (Å²) in [7, 11) is 0. The number of benzene rings is 2. The Labute approximate surface area is 155 Å². The molecule has 0 spiro atoms. The van der Waals surface area contributed by atoms with Crippen molar-refractivity contribution < 1.29 is 22.8 Å². The number of carbonyl (C=O) groups excluding carboxylic acids is 2. The van der Waals surface area contributed by atoms with Gasteiger partial charge in [-0.25, -0.2) is 0 Å². The average Bonchev–Trinajstić information content (AvgIpc) is 2.61. The molecule has 144 valence electrons. The maximum atomic E-state index is 12.8. The second kappa shape index (κ2) is 7.82. The van der Waals surface area contributed by atoms with Crippen LogP contribution in [0.2, 0.25) is 0 Å². The fraction of sp³-hybridized carbons (Fsp3) is 0.300. The molecule has 1 unspecified atom stereocenters. The summed E-state index contributed by atoms with van der Waals surface area (Å²) in [5.74, 6) is -1.22. The fourth-order valence-corrected chi connectivity index (χ4v) is 2.37. The topological polar surface area (TPSA) is 58.2 Å². The van der Waals surface area contributed by atoms with Crippen molar-refractivity contribution in [3.05, 3.63) is 65.7 Å². The number of hydrogen-bond acceptors (Lipinski definition) is 2. The Hall–Kier alpha value is -2.83. The van der Waals surface area contributed by atoms with E-state index in [-0.39, 0.29) is 11.7 Å². The molecule has 0 aliphatic rings. The minimum atomic E-state index is -4.52. The number of hydrogen-bond donors (Lipinski definition) is 2. The third kappa shape index (κ3) is 5.09. The van der Waals surface area contributed by atoms with Gasteiger partial charge in [0.05, 0.1) is 11.6 Å². The van der Waals surface area contributed by atoms with E-state index in [0.29, 0.717) is 0 Å². The predicted molar refractivity (Wildman–Crippen MR) is 96.9 cm³/mol. The fourth-order valence-electron chi connectivity index (χ4n) is 2.37. The first kappa shape index (κ1) is 20.5. The Bertz CT molecular complexity index is 817. The lowest BCUT2D eigenvalue weighted by atomic mass is 9.90. The molecule has 2 aromatic rings. The van der Waals surface area contributed by atoms with Gasteiger partial charge in [0.2, 0.25) is 11.8 Å². The molecule has 27 heavy (non-hydrogen) atoms. The molecule has 0 fully saturated rings. The van der Waals surface area contributed by atoms with Crippen LogP contribution in [0.5, 0.6) is 0 Å². The highest BCUT2D eigenvalue weighted by Crippen LogP contribution is 2.31. The third-order valence-corrected chi connectivity index (χ3v) is 4.23. The van der Waals surface area contributed by atoms with E-state index in [4.69, 9.17) is 0 Å². The zero-order chi connectivity index (χ0) is 20.2. The summed E-state index contributed by atoms with van der Waals surface area (Å²) in [5.41, 5.74) is -1.50. The molecule has 2 rings (SSSR count). The van der Waals surface area contributed by atoms with Crippen LogP contribution in [0.1, 0.15) is 37.9 Å². The van der Waals surface area contributed by atoms with Crippen LogP contribution in [-0.2, 0) is 15.8 Å². The van der Waals surface area contributed by atoms with E-state index < -0.39 is 29.0 Å². The first-order chi connectivity index (χ1) is 12.5. The predicted octanol–water partition coefficient (Wildman–Crippen LogP) is 4.55. The highest BCUT2D eigenvalue weighted by molar-refractivity contribution is 6.09. The number of halogens is 3. The van der Waals surface area contributed by atoms with Gasteiger partial charge in [-0.3, -0.25) is 9.59 Å². The number of anilines is 1. The summed E-state index contributed by atoms with van der Waals surface area (Å²) >= 11 is 0. The van der Waals surface area contributed by atoms with Gasteiger partial charge >= 0.3 is 6.18 Å². The molecule has 0 saturated heterocycles. The van der Waals surface area contributed by atoms with Crippen molar-refractivity contribution in [2.75, 3.05) is 5.32 Å². The summed E-state index contributed by atoms with van der Waals surface area (Å²) in [6, 6.07) is 13.2. The van der Waals surface area contributed by atoms with E-state index in [0.717, 1.165) is 17.7 Å². The van der Waals surface area contributed by atoms with Crippen molar-refractivity contribution in [1.82, 2.24) is 5.32 Å². The number of nitrogens with one attached hydrogen (secondary N) is 2. The van der Waals surface area contributed by atoms with Crippen molar-refractivity contribution in [1.29, 1.82) is 0 Å². The molecular weight excluding hydrogens is 357 g/mol. The van der Waals surface area contributed by atoms with E-state index in [1.54, 1.807) is 6.92 Å². The van der Waals surface area contributed by atoms with Gasteiger partial charge in [-0.15, -0.1) is 0 Å². The van der Waals surface area contributed by atoms with Crippen LogP contribution >= 0.6 is 0 Å². The minimum absolute atomic E-state index is 0.0215. The van der Waals surface area contributed by atoms with Gasteiger partial charge < -0.3 is 10.6 Å². The summed E-state index contributed by atoms with van der Waals surface area (Å²) in [6.45, 7) is 4.63. The van der Waals surface area contributed by atoms with E-state index in [1.165, 1.54) is 26.0 Å². The first-order valence-corrected chi connectivity index (χ1v) is 8.36. The van der Waals surface area contributed by atoms with Crippen molar-refractivity contribution in [2.45, 2.75) is 33.0 Å². The largest absolute Gasteiger partial charge is 0.416 e. The number of rotatable bonds is 5. The van der Waals surface area contributed by atoms with E-state index >= 15 is 0 Å². The molecule has 2 aromatic carbocycles. The molecule has 0 aliphatic heterocycles. The number of alkyl halides is 3. The molecule has 0 heterocycles. The van der Waals surface area contributed by atoms with Crippen molar-refractivity contribution in [3.63, 3.8) is 0 Å². The van der Waals surface area contributed by atoms with Crippen molar-refractivity contribution >= 4 is 17.5 Å². The lowest BCUT2D eigenvalue weighted by Gasteiger charge is -2.25. The molecule has 0 aliphatic carbocycles. The normalized spacial score (nSPS) is 13.0. The Morgan fingerprint density at radius 3 is 2.15 bits per heavy atom. The van der Waals surface area contributed by atoms with Crippen LogP contribution in [0.4, 0.5) is 18.9 Å². The van der Waals surface area contributed by atoms with Gasteiger partial charge in [-0.2, -0.15) is 13.2 Å². The van der Waals surface area contributed by atoms with Gasteiger partial charge in [-0.05, 0) is 44.5 Å². The smallest absolute Gasteiger partial charge is 0.349 e. The monoisotopic (exact) mass is 378 g/mol.